The van der Waals surface area contributed by atoms with Crippen molar-refractivity contribution in [3.63, 3.8) is 0 Å². The number of amides is 2. The first kappa shape index (κ1) is 19.1. The zero-order valence-electron chi connectivity index (χ0n) is 12.8. The summed E-state index contributed by atoms with van der Waals surface area (Å²) in [6, 6.07) is 13.1. The van der Waals surface area contributed by atoms with Gasteiger partial charge in [0.15, 0.2) is 0 Å². The molecule has 0 fully saturated rings. The van der Waals surface area contributed by atoms with E-state index in [2.05, 4.69) is 42.5 Å². The monoisotopic (exact) mass is 474 g/mol. The molecule has 0 unspecified atom stereocenters. The van der Waals surface area contributed by atoms with E-state index in [0.717, 1.165) is 14.5 Å². The van der Waals surface area contributed by atoms with Crippen LogP contribution in [0.1, 0.15) is 12.0 Å². The van der Waals surface area contributed by atoms with Gasteiger partial charge in [0.05, 0.1) is 11.6 Å². The van der Waals surface area contributed by atoms with Crippen LogP contribution in [0.15, 0.2) is 51.4 Å². The zero-order chi connectivity index (χ0) is 17.4. The second-order valence-corrected chi connectivity index (χ2v) is 7.25. The molecule has 0 atom stereocenters. The summed E-state index contributed by atoms with van der Waals surface area (Å²) < 4.78 is 7.51. The summed E-state index contributed by atoms with van der Waals surface area (Å²) in [6.07, 6.45) is 0.693. The first-order chi connectivity index (χ1) is 11.5. The molecule has 4 nitrogen and oxygen atoms in total. The van der Waals surface area contributed by atoms with E-state index in [9.17, 15) is 4.79 Å². The fourth-order valence-corrected chi connectivity index (χ4v) is 2.89. The fourth-order valence-electron chi connectivity index (χ4n) is 1.90. The molecule has 0 bridgehead atoms. The summed E-state index contributed by atoms with van der Waals surface area (Å²) in [4.78, 5) is 11.7. The molecule has 0 aliphatic carbocycles. The summed E-state index contributed by atoms with van der Waals surface area (Å²) in [5.41, 5.74) is 1.04. The van der Waals surface area contributed by atoms with Gasteiger partial charge in [-0.25, -0.2) is 4.79 Å². The quantitative estimate of drug-likeness (QED) is 0.544. The third-order valence-corrected chi connectivity index (χ3v) is 4.44. The third-order valence-electron chi connectivity index (χ3n) is 3.12. The first-order valence-electron chi connectivity index (χ1n) is 7.38. The highest BCUT2D eigenvalue weighted by molar-refractivity contribution is 9.10. The van der Waals surface area contributed by atoms with Crippen molar-refractivity contribution in [2.24, 2.45) is 0 Å². The molecule has 2 rings (SSSR count). The van der Waals surface area contributed by atoms with Gasteiger partial charge in [-0.3, -0.25) is 0 Å². The molecule has 0 aromatic heterocycles. The van der Waals surface area contributed by atoms with Gasteiger partial charge in [0.2, 0.25) is 0 Å². The number of urea groups is 1. The van der Waals surface area contributed by atoms with E-state index in [1.54, 1.807) is 6.07 Å². The Bertz CT molecular complexity index is 681. The Balaban J connectivity index is 1.60. The van der Waals surface area contributed by atoms with Gasteiger partial charge < -0.3 is 15.4 Å². The van der Waals surface area contributed by atoms with Crippen molar-refractivity contribution in [3.05, 3.63) is 62.0 Å². The van der Waals surface area contributed by atoms with Crippen molar-refractivity contribution in [2.45, 2.75) is 13.0 Å². The Hall–Kier alpha value is -1.24. The van der Waals surface area contributed by atoms with Crippen LogP contribution in [0.2, 0.25) is 5.02 Å². The number of hydrogen-bond donors (Lipinski definition) is 2. The maximum absolute atomic E-state index is 11.7. The number of halogens is 3. The Morgan fingerprint density at radius 2 is 1.75 bits per heavy atom. The maximum Gasteiger partial charge on any atom is 0.315 e. The number of carbonyl (C=O) groups is 1. The predicted molar refractivity (Wildman–Crippen MR) is 104 cm³/mol. The minimum atomic E-state index is -0.195. The molecule has 0 radical (unpaired) electrons. The Labute approximate surface area is 163 Å². The van der Waals surface area contributed by atoms with Crippen LogP contribution in [0, 0.1) is 0 Å². The van der Waals surface area contributed by atoms with Crippen molar-refractivity contribution in [2.75, 3.05) is 13.2 Å². The normalized spacial score (nSPS) is 10.3. The van der Waals surface area contributed by atoms with Crippen LogP contribution in [-0.2, 0) is 6.54 Å². The van der Waals surface area contributed by atoms with Crippen LogP contribution in [0.3, 0.4) is 0 Å². The van der Waals surface area contributed by atoms with E-state index in [1.807, 2.05) is 36.4 Å². The van der Waals surface area contributed by atoms with Crippen LogP contribution in [0.5, 0.6) is 5.75 Å². The topological polar surface area (TPSA) is 50.4 Å². The summed E-state index contributed by atoms with van der Waals surface area (Å²) in [7, 11) is 0. The molecule has 0 spiro atoms. The molecule has 2 aromatic rings. The van der Waals surface area contributed by atoms with Gasteiger partial charge in [-0.15, -0.1) is 0 Å². The lowest BCUT2D eigenvalue weighted by atomic mass is 10.2. The number of rotatable bonds is 7. The van der Waals surface area contributed by atoms with E-state index < -0.39 is 0 Å². The van der Waals surface area contributed by atoms with E-state index >= 15 is 0 Å². The molecule has 128 valence electrons. The summed E-state index contributed by atoms with van der Waals surface area (Å²) in [5.74, 6) is 0.638. The van der Waals surface area contributed by atoms with Gasteiger partial charge in [0, 0.05) is 22.0 Å². The lowest BCUT2D eigenvalue weighted by Crippen LogP contribution is -2.35. The number of benzene rings is 2. The SMILES string of the molecule is O=C(NCCCOc1ccc(Br)cc1Cl)NCc1ccc(Br)cc1. The third kappa shape index (κ3) is 6.71. The van der Waals surface area contributed by atoms with Crippen LogP contribution in [-0.4, -0.2) is 19.2 Å². The van der Waals surface area contributed by atoms with Crippen molar-refractivity contribution < 1.29 is 9.53 Å². The van der Waals surface area contributed by atoms with Gasteiger partial charge in [-0.05, 0) is 42.3 Å². The molecule has 2 amide bonds. The van der Waals surface area contributed by atoms with E-state index in [4.69, 9.17) is 16.3 Å². The van der Waals surface area contributed by atoms with E-state index in [-0.39, 0.29) is 6.03 Å². The molecular formula is C17H17Br2ClN2O2. The lowest BCUT2D eigenvalue weighted by Gasteiger charge is -2.10. The standard InChI is InChI=1S/C17H17Br2ClN2O2/c18-13-4-2-12(3-5-13)11-22-17(23)21-8-1-9-24-16-7-6-14(19)10-15(16)20/h2-7,10H,1,8-9,11H2,(H2,21,22,23). The Morgan fingerprint density at radius 3 is 2.46 bits per heavy atom. The average molecular weight is 477 g/mol. The molecule has 2 aromatic carbocycles. The highest BCUT2D eigenvalue weighted by Gasteiger charge is 2.03. The number of ether oxygens (including phenoxy) is 1. The maximum atomic E-state index is 11.7. The van der Waals surface area contributed by atoms with E-state index in [0.29, 0.717) is 36.9 Å². The fraction of sp³-hybridized carbons (Fsp3) is 0.235. The van der Waals surface area contributed by atoms with Crippen LogP contribution in [0.25, 0.3) is 0 Å². The molecular weight excluding hydrogens is 459 g/mol. The molecule has 0 saturated carbocycles. The molecule has 0 aliphatic heterocycles. The largest absolute Gasteiger partial charge is 0.492 e. The van der Waals surface area contributed by atoms with Gasteiger partial charge in [0.25, 0.3) is 0 Å². The summed E-state index contributed by atoms with van der Waals surface area (Å²) in [5, 5.41) is 6.16. The molecule has 0 aliphatic rings. The van der Waals surface area contributed by atoms with E-state index in [1.165, 1.54) is 0 Å². The van der Waals surface area contributed by atoms with Gasteiger partial charge in [0.1, 0.15) is 5.75 Å². The van der Waals surface area contributed by atoms with Crippen molar-refractivity contribution >= 4 is 49.5 Å². The van der Waals surface area contributed by atoms with Gasteiger partial charge in [-0.2, -0.15) is 0 Å². The zero-order valence-corrected chi connectivity index (χ0v) is 16.7. The van der Waals surface area contributed by atoms with Gasteiger partial charge in [-0.1, -0.05) is 55.6 Å². The van der Waals surface area contributed by atoms with Crippen LogP contribution in [0.4, 0.5) is 4.79 Å². The van der Waals surface area contributed by atoms with Crippen molar-refractivity contribution in [3.8, 4) is 5.75 Å². The molecule has 24 heavy (non-hydrogen) atoms. The molecule has 0 heterocycles. The second kappa shape index (κ2) is 9.91. The molecule has 0 saturated heterocycles. The number of nitrogens with one attached hydrogen (secondary N) is 2. The number of carbonyl (C=O) groups excluding carboxylic acids is 1. The average Bonchev–Trinajstić information content (AvgIpc) is 2.56. The van der Waals surface area contributed by atoms with Crippen molar-refractivity contribution in [1.29, 1.82) is 0 Å². The summed E-state index contributed by atoms with van der Waals surface area (Å²) >= 11 is 12.8. The number of hydrogen-bond acceptors (Lipinski definition) is 2. The first-order valence-corrected chi connectivity index (χ1v) is 9.35. The minimum absolute atomic E-state index is 0.195. The minimum Gasteiger partial charge on any atom is -0.492 e. The smallest absolute Gasteiger partial charge is 0.315 e. The Morgan fingerprint density at radius 1 is 1.04 bits per heavy atom. The highest BCUT2D eigenvalue weighted by Crippen LogP contribution is 2.27. The predicted octanol–water partition coefficient (Wildman–Crippen LogP) is 5.13. The molecule has 2 N–H and O–H groups in total. The summed E-state index contributed by atoms with van der Waals surface area (Å²) in [6.45, 7) is 1.50. The Kier molecular flexibility index (Phi) is 7.88. The molecule has 7 heteroatoms. The second-order valence-electron chi connectivity index (χ2n) is 5.01. The van der Waals surface area contributed by atoms with Crippen LogP contribution < -0.4 is 15.4 Å². The van der Waals surface area contributed by atoms with Crippen LogP contribution >= 0.6 is 43.5 Å². The van der Waals surface area contributed by atoms with Crippen molar-refractivity contribution in [1.82, 2.24) is 10.6 Å². The highest BCUT2D eigenvalue weighted by atomic mass is 79.9. The van der Waals surface area contributed by atoms with Gasteiger partial charge >= 0.3 is 6.03 Å². The lowest BCUT2D eigenvalue weighted by molar-refractivity contribution is 0.238.